The van der Waals surface area contributed by atoms with Crippen LogP contribution in [0.3, 0.4) is 0 Å². The highest BCUT2D eigenvalue weighted by Gasteiger charge is 2.27. The second-order valence-electron chi connectivity index (χ2n) is 5.31. The third-order valence-electron chi connectivity index (χ3n) is 3.92. The number of benzene rings is 1. The van der Waals surface area contributed by atoms with E-state index in [-0.39, 0.29) is 18.4 Å². The average molecular weight is 291 g/mol. The molecule has 1 atom stereocenters. The molecule has 0 spiro atoms. The third kappa shape index (κ3) is 3.97. The lowest BCUT2D eigenvalue weighted by Crippen LogP contribution is -2.43. The number of carbonyl (C=O) groups excluding carboxylic acids is 1. The van der Waals surface area contributed by atoms with Crippen LogP contribution in [-0.4, -0.2) is 41.6 Å². The van der Waals surface area contributed by atoms with E-state index in [0.717, 1.165) is 19.3 Å². The van der Waals surface area contributed by atoms with E-state index in [1.54, 1.807) is 31.4 Å². The number of piperidine rings is 1. The van der Waals surface area contributed by atoms with Crippen LogP contribution in [-0.2, 0) is 4.79 Å². The molecule has 1 fully saturated rings. The molecule has 21 heavy (non-hydrogen) atoms. The van der Waals surface area contributed by atoms with E-state index in [1.807, 2.05) is 4.90 Å². The van der Waals surface area contributed by atoms with Crippen molar-refractivity contribution in [1.29, 1.82) is 0 Å². The summed E-state index contributed by atoms with van der Waals surface area (Å²) in [6.45, 7) is 0.704. The smallest absolute Gasteiger partial charge is 0.303 e. The number of hydrogen-bond donors (Lipinski definition) is 1. The molecule has 0 bridgehead atoms. The Morgan fingerprint density at radius 2 is 2.00 bits per heavy atom. The number of methoxy groups -OCH3 is 1. The van der Waals surface area contributed by atoms with Crippen LogP contribution in [0.1, 0.15) is 42.5 Å². The maximum atomic E-state index is 12.6. The molecule has 1 N–H and O–H groups in total. The van der Waals surface area contributed by atoms with Crippen LogP contribution in [0.25, 0.3) is 0 Å². The fourth-order valence-corrected chi connectivity index (χ4v) is 2.76. The van der Waals surface area contributed by atoms with Gasteiger partial charge in [0.15, 0.2) is 0 Å². The first-order valence-electron chi connectivity index (χ1n) is 7.28. The van der Waals surface area contributed by atoms with Gasteiger partial charge < -0.3 is 14.7 Å². The third-order valence-corrected chi connectivity index (χ3v) is 3.92. The molecule has 0 aromatic heterocycles. The number of carbonyl (C=O) groups is 2. The van der Waals surface area contributed by atoms with Crippen LogP contribution in [0.5, 0.6) is 5.75 Å². The molecule has 1 aromatic rings. The van der Waals surface area contributed by atoms with Crippen LogP contribution in [0.4, 0.5) is 0 Å². The van der Waals surface area contributed by atoms with Gasteiger partial charge in [0.2, 0.25) is 0 Å². The first-order chi connectivity index (χ1) is 10.1. The second kappa shape index (κ2) is 7.11. The summed E-state index contributed by atoms with van der Waals surface area (Å²) in [5.74, 6) is -0.113. The number of carboxylic acids is 1. The second-order valence-corrected chi connectivity index (χ2v) is 5.31. The monoisotopic (exact) mass is 291 g/mol. The van der Waals surface area contributed by atoms with Gasteiger partial charge in [-0.25, -0.2) is 0 Å². The molecule has 5 nitrogen and oxygen atoms in total. The lowest BCUT2D eigenvalue weighted by molar-refractivity contribution is -0.137. The maximum absolute atomic E-state index is 12.6. The number of aliphatic carboxylic acids is 1. The summed E-state index contributed by atoms with van der Waals surface area (Å²) in [5.41, 5.74) is 0.623. The number of rotatable bonds is 5. The van der Waals surface area contributed by atoms with E-state index >= 15 is 0 Å². The van der Waals surface area contributed by atoms with E-state index in [9.17, 15) is 9.59 Å². The molecule has 2 rings (SSSR count). The SMILES string of the molecule is COc1ccc(C(=O)N2CCCCC2CCC(=O)O)cc1. The van der Waals surface area contributed by atoms with Crippen molar-refractivity contribution < 1.29 is 19.4 Å². The van der Waals surface area contributed by atoms with Crippen molar-refractivity contribution in [3.8, 4) is 5.75 Å². The predicted octanol–water partition coefficient (Wildman–Crippen LogP) is 2.55. The van der Waals surface area contributed by atoms with Crippen molar-refractivity contribution >= 4 is 11.9 Å². The summed E-state index contributed by atoms with van der Waals surface area (Å²) in [6, 6.07) is 7.07. The molecule has 1 amide bonds. The zero-order chi connectivity index (χ0) is 15.2. The summed E-state index contributed by atoms with van der Waals surface area (Å²) in [5, 5.41) is 8.83. The molecule has 0 aliphatic carbocycles. The van der Waals surface area contributed by atoms with E-state index in [0.29, 0.717) is 24.3 Å². The number of amides is 1. The fraction of sp³-hybridized carbons (Fsp3) is 0.500. The van der Waals surface area contributed by atoms with Gasteiger partial charge in [-0.05, 0) is 49.9 Å². The molecule has 5 heteroatoms. The van der Waals surface area contributed by atoms with Gasteiger partial charge in [0, 0.05) is 24.6 Å². The minimum Gasteiger partial charge on any atom is -0.497 e. The van der Waals surface area contributed by atoms with Crippen molar-refractivity contribution in [2.45, 2.75) is 38.1 Å². The van der Waals surface area contributed by atoms with Crippen molar-refractivity contribution in [3.05, 3.63) is 29.8 Å². The number of hydrogen-bond acceptors (Lipinski definition) is 3. The van der Waals surface area contributed by atoms with Crippen molar-refractivity contribution in [3.63, 3.8) is 0 Å². The largest absolute Gasteiger partial charge is 0.497 e. The van der Waals surface area contributed by atoms with Crippen LogP contribution < -0.4 is 4.74 Å². The minimum atomic E-state index is -0.808. The molecule has 1 aliphatic heterocycles. The molecule has 1 saturated heterocycles. The lowest BCUT2D eigenvalue weighted by atomic mass is 9.97. The zero-order valence-electron chi connectivity index (χ0n) is 12.2. The average Bonchev–Trinajstić information content (AvgIpc) is 2.52. The fourth-order valence-electron chi connectivity index (χ4n) is 2.76. The quantitative estimate of drug-likeness (QED) is 0.905. The van der Waals surface area contributed by atoms with E-state index < -0.39 is 5.97 Å². The maximum Gasteiger partial charge on any atom is 0.303 e. The Hall–Kier alpha value is -2.04. The summed E-state index contributed by atoms with van der Waals surface area (Å²) >= 11 is 0. The molecule has 1 aliphatic rings. The van der Waals surface area contributed by atoms with Crippen LogP contribution in [0.15, 0.2) is 24.3 Å². The standard InChI is InChI=1S/C16H21NO4/c1-21-14-8-5-12(6-9-14)16(20)17-11-3-2-4-13(17)7-10-15(18)19/h5-6,8-9,13H,2-4,7,10-11H2,1H3,(H,18,19). The van der Waals surface area contributed by atoms with Gasteiger partial charge in [-0.3, -0.25) is 9.59 Å². The summed E-state index contributed by atoms with van der Waals surface area (Å²) in [4.78, 5) is 25.2. The Kier molecular flexibility index (Phi) is 5.20. The minimum absolute atomic E-state index is 0.0206. The van der Waals surface area contributed by atoms with E-state index in [2.05, 4.69) is 0 Å². The Labute approximate surface area is 124 Å². The highest BCUT2D eigenvalue weighted by Crippen LogP contribution is 2.23. The van der Waals surface area contributed by atoms with Gasteiger partial charge in [-0.1, -0.05) is 0 Å². The molecule has 0 saturated carbocycles. The van der Waals surface area contributed by atoms with Crippen molar-refractivity contribution in [2.75, 3.05) is 13.7 Å². The van der Waals surface area contributed by atoms with E-state index in [4.69, 9.17) is 9.84 Å². The molecule has 0 radical (unpaired) electrons. The Morgan fingerprint density at radius 3 is 2.62 bits per heavy atom. The van der Waals surface area contributed by atoms with Crippen molar-refractivity contribution in [1.82, 2.24) is 4.90 Å². The van der Waals surface area contributed by atoms with Gasteiger partial charge >= 0.3 is 5.97 Å². The molecule has 1 heterocycles. The number of likely N-dealkylation sites (tertiary alicyclic amines) is 1. The summed E-state index contributed by atoms with van der Waals surface area (Å²) < 4.78 is 5.09. The molecule has 114 valence electrons. The first kappa shape index (κ1) is 15.4. The molecule has 1 aromatic carbocycles. The lowest BCUT2D eigenvalue weighted by Gasteiger charge is -2.35. The number of nitrogens with zero attached hydrogens (tertiary/aromatic N) is 1. The zero-order valence-corrected chi connectivity index (χ0v) is 12.2. The number of carboxylic acid groups (broad SMARTS) is 1. The molecular weight excluding hydrogens is 270 g/mol. The van der Waals surface area contributed by atoms with Gasteiger partial charge in [-0.15, -0.1) is 0 Å². The van der Waals surface area contributed by atoms with Gasteiger partial charge in [-0.2, -0.15) is 0 Å². The van der Waals surface area contributed by atoms with Gasteiger partial charge in [0.05, 0.1) is 7.11 Å². The van der Waals surface area contributed by atoms with Crippen LogP contribution in [0.2, 0.25) is 0 Å². The number of ether oxygens (including phenoxy) is 1. The Balaban J connectivity index is 2.08. The van der Waals surface area contributed by atoms with E-state index in [1.165, 1.54) is 0 Å². The highest BCUT2D eigenvalue weighted by atomic mass is 16.5. The summed E-state index contributed by atoms with van der Waals surface area (Å²) in [7, 11) is 1.59. The van der Waals surface area contributed by atoms with Gasteiger partial charge in [0.1, 0.15) is 5.75 Å². The topological polar surface area (TPSA) is 66.8 Å². The predicted molar refractivity (Wildman–Crippen MR) is 78.5 cm³/mol. The van der Waals surface area contributed by atoms with Crippen molar-refractivity contribution in [2.24, 2.45) is 0 Å². The first-order valence-corrected chi connectivity index (χ1v) is 7.28. The molecule has 1 unspecified atom stereocenters. The van der Waals surface area contributed by atoms with Crippen LogP contribution >= 0.6 is 0 Å². The van der Waals surface area contributed by atoms with Gasteiger partial charge in [0.25, 0.3) is 5.91 Å². The Bertz CT molecular complexity index is 498. The van der Waals surface area contributed by atoms with Crippen LogP contribution in [0, 0.1) is 0 Å². The molecular formula is C16H21NO4. The normalized spacial score (nSPS) is 18.3. The Morgan fingerprint density at radius 1 is 1.29 bits per heavy atom. The summed E-state index contributed by atoms with van der Waals surface area (Å²) in [6.07, 6.45) is 3.55. The highest BCUT2D eigenvalue weighted by molar-refractivity contribution is 5.94.